The highest BCUT2D eigenvalue weighted by molar-refractivity contribution is 8.00. The Kier molecular flexibility index (Phi) is 13.1. The zero-order valence-corrected chi connectivity index (χ0v) is 27.4. The molecule has 2 atom stereocenters. The summed E-state index contributed by atoms with van der Waals surface area (Å²) in [6, 6.07) is 14.2. The quantitative estimate of drug-likeness (QED) is 0.220. The predicted octanol–water partition coefficient (Wildman–Crippen LogP) is 11.1. The van der Waals surface area contributed by atoms with Crippen molar-refractivity contribution in [3.05, 3.63) is 58.7 Å². The third-order valence-electron chi connectivity index (χ3n) is 7.25. The maximum absolute atomic E-state index is 6.51. The normalized spacial score (nSPS) is 14.1. The van der Waals surface area contributed by atoms with E-state index < -0.39 is 0 Å². The molecule has 2 aromatic rings. The van der Waals surface area contributed by atoms with Crippen molar-refractivity contribution in [2.75, 3.05) is 13.2 Å². The van der Waals surface area contributed by atoms with Gasteiger partial charge in [-0.15, -0.1) is 23.5 Å². The molecule has 2 unspecified atom stereocenters. The van der Waals surface area contributed by atoms with Crippen molar-refractivity contribution in [1.29, 1.82) is 0 Å². The SMILES string of the molecule is CC(C)c1ccc(SC(COCC(Sc2ccc(C(C)C)cc2C(C)C)C(C)C)C(C)C)c(C(C)C)c1. The minimum atomic E-state index is 0.441. The maximum Gasteiger partial charge on any atom is 0.0591 e. The third kappa shape index (κ3) is 9.66. The summed E-state index contributed by atoms with van der Waals surface area (Å²) in [4.78, 5) is 2.84. The van der Waals surface area contributed by atoms with E-state index in [-0.39, 0.29) is 0 Å². The Morgan fingerprint density at radius 1 is 0.514 bits per heavy atom. The highest BCUT2D eigenvalue weighted by Gasteiger charge is 2.22. The summed E-state index contributed by atoms with van der Waals surface area (Å²) in [7, 11) is 0. The molecule has 0 amide bonds. The van der Waals surface area contributed by atoms with Crippen LogP contribution in [0.15, 0.2) is 46.2 Å². The zero-order valence-electron chi connectivity index (χ0n) is 25.7. The third-order valence-corrected chi connectivity index (χ3v) is 10.5. The van der Waals surface area contributed by atoms with E-state index in [2.05, 4.69) is 119 Å². The van der Waals surface area contributed by atoms with Crippen LogP contribution in [0.3, 0.4) is 0 Å². The van der Waals surface area contributed by atoms with Crippen molar-refractivity contribution in [3.63, 3.8) is 0 Å². The monoisotopic (exact) mass is 542 g/mol. The van der Waals surface area contributed by atoms with Crippen LogP contribution >= 0.6 is 23.5 Å². The van der Waals surface area contributed by atoms with Crippen molar-refractivity contribution in [3.8, 4) is 0 Å². The standard InChI is InChI=1S/C34H54OS2/c1-21(2)27-13-15-31(29(17-27)23(5)6)36-33(25(9)10)19-35-20-34(26(11)12)37-32-16-14-28(22(3)4)18-30(32)24(7)8/h13-18,21-26,33-34H,19-20H2,1-12H3. The van der Waals surface area contributed by atoms with Crippen LogP contribution in [0.25, 0.3) is 0 Å². The first-order chi connectivity index (χ1) is 17.3. The van der Waals surface area contributed by atoms with Gasteiger partial charge in [-0.2, -0.15) is 0 Å². The van der Waals surface area contributed by atoms with Crippen molar-refractivity contribution >= 4 is 23.5 Å². The summed E-state index contributed by atoms with van der Waals surface area (Å²) in [5.41, 5.74) is 5.82. The molecule has 0 bridgehead atoms. The van der Waals surface area contributed by atoms with E-state index in [0.29, 0.717) is 46.0 Å². The molecule has 2 aromatic carbocycles. The number of rotatable bonds is 14. The van der Waals surface area contributed by atoms with Gasteiger partial charge in [0.05, 0.1) is 13.2 Å². The maximum atomic E-state index is 6.51. The van der Waals surface area contributed by atoms with E-state index in [1.165, 1.54) is 32.0 Å². The second-order valence-corrected chi connectivity index (χ2v) is 15.1. The molecule has 208 valence electrons. The molecule has 0 heterocycles. The number of hydrogen-bond donors (Lipinski definition) is 0. The predicted molar refractivity (Wildman–Crippen MR) is 169 cm³/mol. The van der Waals surface area contributed by atoms with Crippen LogP contribution in [-0.4, -0.2) is 23.7 Å². The number of ether oxygens (including phenoxy) is 1. The van der Waals surface area contributed by atoms with Crippen molar-refractivity contribution in [2.45, 2.75) is 127 Å². The summed E-state index contributed by atoms with van der Waals surface area (Å²) >= 11 is 4.03. The molecule has 0 aliphatic rings. The Labute approximate surface area is 238 Å². The second kappa shape index (κ2) is 15.0. The Bertz CT molecular complexity index is 881. The molecule has 0 N–H and O–H groups in total. The Morgan fingerprint density at radius 3 is 1.14 bits per heavy atom. The summed E-state index contributed by atoms with van der Waals surface area (Å²) in [5.74, 6) is 3.27. The molecule has 37 heavy (non-hydrogen) atoms. The van der Waals surface area contributed by atoms with Gasteiger partial charge in [0.2, 0.25) is 0 Å². The lowest BCUT2D eigenvalue weighted by Gasteiger charge is -2.26. The van der Waals surface area contributed by atoms with Gasteiger partial charge in [-0.3, -0.25) is 0 Å². The zero-order chi connectivity index (χ0) is 27.9. The van der Waals surface area contributed by atoms with Crippen LogP contribution in [0.5, 0.6) is 0 Å². The molecule has 0 aliphatic carbocycles. The Morgan fingerprint density at radius 2 is 0.865 bits per heavy atom. The minimum Gasteiger partial charge on any atom is -0.379 e. The summed E-state index contributed by atoms with van der Waals surface area (Å²) in [5, 5.41) is 0.883. The average molecular weight is 543 g/mol. The van der Waals surface area contributed by atoms with E-state index >= 15 is 0 Å². The molecule has 0 fully saturated rings. The first-order valence-electron chi connectivity index (χ1n) is 14.5. The van der Waals surface area contributed by atoms with Gasteiger partial charge in [-0.1, -0.05) is 107 Å². The summed E-state index contributed by atoms with van der Waals surface area (Å²) in [6.07, 6.45) is 0. The summed E-state index contributed by atoms with van der Waals surface area (Å²) in [6.45, 7) is 29.3. The van der Waals surface area contributed by atoms with Crippen LogP contribution in [-0.2, 0) is 4.74 Å². The van der Waals surface area contributed by atoms with Crippen molar-refractivity contribution < 1.29 is 4.74 Å². The van der Waals surface area contributed by atoms with E-state index in [1.807, 2.05) is 23.5 Å². The van der Waals surface area contributed by atoms with Gasteiger partial charge in [-0.05, 0) is 69.9 Å². The van der Waals surface area contributed by atoms with Crippen molar-refractivity contribution in [1.82, 2.24) is 0 Å². The minimum absolute atomic E-state index is 0.441. The van der Waals surface area contributed by atoms with Crippen LogP contribution < -0.4 is 0 Å². The van der Waals surface area contributed by atoms with E-state index in [9.17, 15) is 0 Å². The van der Waals surface area contributed by atoms with Gasteiger partial charge in [-0.25, -0.2) is 0 Å². The molecular formula is C34H54OS2. The van der Waals surface area contributed by atoms with Gasteiger partial charge in [0, 0.05) is 20.3 Å². The number of benzene rings is 2. The molecule has 0 radical (unpaired) electrons. The smallest absolute Gasteiger partial charge is 0.0591 e. The molecule has 2 rings (SSSR count). The van der Waals surface area contributed by atoms with E-state index in [0.717, 1.165) is 13.2 Å². The largest absolute Gasteiger partial charge is 0.379 e. The fourth-order valence-electron chi connectivity index (χ4n) is 4.32. The second-order valence-electron chi connectivity index (χ2n) is 12.6. The number of thioether (sulfide) groups is 2. The van der Waals surface area contributed by atoms with Crippen LogP contribution in [0.1, 0.15) is 129 Å². The van der Waals surface area contributed by atoms with E-state index in [1.54, 1.807) is 0 Å². The highest BCUT2D eigenvalue weighted by Crippen LogP contribution is 2.38. The van der Waals surface area contributed by atoms with Gasteiger partial charge >= 0.3 is 0 Å². The molecular weight excluding hydrogens is 489 g/mol. The van der Waals surface area contributed by atoms with Gasteiger partial charge in [0.25, 0.3) is 0 Å². The topological polar surface area (TPSA) is 9.23 Å². The molecule has 0 aromatic heterocycles. The average Bonchev–Trinajstić information content (AvgIpc) is 2.82. The van der Waals surface area contributed by atoms with Crippen molar-refractivity contribution in [2.24, 2.45) is 11.8 Å². The highest BCUT2D eigenvalue weighted by atomic mass is 32.2. The van der Waals surface area contributed by atoms with Crippen LogP contribution in [0, 0.1) is 11.8 Å². The molecule has 3 heteroatoms. The fraction of sp³-hybridized carbons (Fsp3) is 0.647. The van der Waals surface area contributed by atoms with Gasteiger partial charge in [0.15, 0.2) is 0 Å². The molecule has 1 nitrogen and oxygen atoms in total. The lowest BCUT2D eigenvalue weighted by molar-refractivity contribution is 0.121. The summed E-state index contributed by atoms with van der Waals surface area (Å²) < 4.78 is 6.51. The number of hydrogen-bond acceptors (Lipinski definition) is 3. The molecule has 0 saturated heterocycles. The lowest BCUT2D eigenvalue weighted by atomic mass is 9.96. The van der Waals surface area contributed by atoms with Gasteiger partial charge < -0.3 is 4.74 Å². The first-order valence-corrected chi connectivity index (χ1v) is 16.3. The Balaban J connectivity index is 2.12. The Hall–Kier alpha value is -0.900. The molecule has 0 saturated carbocycles. The van der Waals surface area contributed by atoms with Crippen LogP contribution in [0.4, 0.5) is 0 Å². The lowest BCUT2D eigenvalue weighted by Crippen LogP contribution is -2.24. The molecule has 0 spiro atoms. The molecule has 0 aliphatic heterocycles. The fourth-order valence-corrected chi connectivity index (χ4v) is 7.00. The van der Waals surface area contributed by atoms with Crippen LogP contribution in [0.2, 0.25) is 0 Å². The first kappa shape index (κ1) is 32.3. The van der Waals surface area contributed by atoms with E-state index in [4.69, 9.17) is 4.74 Å². The van der Waals surface area contributed by atoms with Gasteiger partial charge in [0.1, 0.15) is 0 Å².